The standard InChI is InChI=1S/C16H16FNO/c1-19-16-7-4-12(17)9-14(16)11-2-5-13-10(8-11)3-6-15(13)18/h2,4-5,7-9,15H,3,6,18H2,1H3. The van der Waals surface area contributed by atoms with Gasteiger partial charge in [-0.1, -0.05) is 18.2 Å². The van der Waals surface area contributed by atoms with Gasteiger partial charge in [0.1, 0.15) is 11.6 Å². The highest BCUT2D eigenvalue weighted by molar-refractivity contribution is 5.71. The summed E-state index contributed by atoms with van der Waals surface area (Å²) in [5.41, 5.74) is 10.3. The molecule has 0 aliphatic heterocycles. The van der Waals surface area contributed by atoms with Gasteiger partial charge in [-0.25, -0.2) is 4.39 Å². The summed E-state index contributed by atoms with van der Waals surface area (Å²) in [5, 5.41) is 0. The van der Waals surface area contributed by atoms with Gasteiger partial charge in [0.2, 0.25) is 0 Å². The lowest BCUT2D eigenvalue weighted by Gasteiger charge is -2.11. The predicted molar refractivity (Wildman–Crippen MR) is 73.6 cm³/mol. The van der Waals surface area contributed by atoms with E-state index in [4.69, 9.17) is 10.5 Å². The lowest BCUT2D eigenvalue weighted by atomic mass is 9.99. The zero-order chi connectivity index (χ0) is 13.4. The van der Waals surface area contributed by atoms with Gasteiger partial charge >= 0.3 is 0 Å². The predicted octanol–water partition coefficient (Wildman–Crippen LogP) is 3.45. The van der Waals surface area contributed by atoms with Crippen LogP contribution in [0.2, 0.25) is 0 Å². The maximum Gasteiger partial charge on any atom is 0.126 e. The van der Waals surface area contributed by atoms with Crippen LogP contribution in [0.15, 0.2) is 36.4 Å². The van der Waals surface area contributed by atoms with Crippen LogP contribution in [0.4, 0.5) is 4.39 Å². The molecule has 2 nitrogen and oxygen atoms in total. The lowest BCUT2D eigenvalue weighted by molar-refractivity contribution is 0.415. The Labute approximate surface area is 112 Å². The summed E-state index contributed by atoms with van der Waals surface area (Å²) in [4.78, 5) is 0. The zero-order valence-electron chi connectivity index (χ0n) is 10.8. The molecule has 1 aliphatic rings. The highest BCUT2D eigenvalue weighted by atomic mass is 19.1. The van der Waals surface area contributed by atoms with Gasteiger partial charge in [0.25, 0.3) is 0 Å². The molecule has 0 saturated carbocycles. The highest BCUT2D eigenvalue weighted by Gasteiger charge is 2.19. The Kier molecular flexibility index (Phi) is 2.99. The van der Waals surface area contributed by atoms with E-state index in [9.17, 15) is 4.39 Å². The molecule has 98 valence electrons. The van der Waals surface area contributed by atoms with E-state index in [1.165, 1.54) is 23.3 Å². The minimum atomic E-state index is -0.256. The molecule has 2 aromatic rings. The van der Waals surface area contributed by atoms with Gasteiger partial charge < -0.3 is 10.5 Å². The Bertz CT molecular complexity index is 624. The summed E-state index contributed by atoms with van der Waals surface area (Å²) in [6.07, 6.45) is 1.97. The van der Waals surface area contributed by atoms with Crippen molar-refractivity contribution >= 4 is 0 Å². The molecule has 19 heavy (non-hydrogen) atoms. The molecule has 3 heteroatoms. The van der Waals surface area contributed by atoms with Crippen molar-refractivity contribution in [2.24, 2.45) is 5.73 Å². The van der Waals surface area contributed by atoms with E-state index < -0.39 is 0 Å². The third-order valence-electron chi connectivity index (χ3n) is 3.74. The average molecular weight is 257 g/mol. The maximum atomic E-state index is 13.4. The van der Waals surface area contributed by atoms with Gasteiger partial charge in [-0.2, -0.15) is 0 Å². The van der Waals surface area contributed by atoms with Gasteiger partial charge in [-0.05, 0) is 47.7 Å². The SMILES string of the molecule is COc1ccc(F)cc1-c1ccc2c(c1)CCC2N. The maximum absolute atomic E-state index is 13.4. The number of ether oxygens (including phenoxy) is 1. The van der Waals surface area contributed by atoms with Crippen molar-refractivity contribution in [3.05, 3.63) is 53.3 Å². The topological polar surface area (TPSA) is 35.2 Å². The van der Waals surface area contributed by atoms with Crippen molar-refractivity contribution in [2.75, 3.05) is 7.11 Å². The van der Waals surface area contributed by atoms with E-state index in [-0.39, 0.29) is 11.9 Å². The molecule has 3 rings (SSSR count). The summed E-state index contributed by atoms with van der Waals surface area (Å²) in [7, 11) is 1.60. The molecule has 0 aromatic heterocycles. The molecule has 1 unspecified atom stereocenters. The first-order valence-electron chi connectivity index (χ1n) is 6.41. The molecule has 0 amide bonds. The number of hydrogen-bond donors (Lipinski definition) is 1. The summed E-state index contributed by atoms with van der Waals surface area (Å²) >= 11 is 0. The Morgan fingerprint density at radius 3 is 2.84 bits per heavy atom. The van der Waals surface area contributed by atoms with Crippen molar-refractivity contribution in [1.29, 1.82) is 0 Å². The summed E-state index contributed by atoms with van der Waals surface area (Å²) in [6, 6.07) is 10.8. The smallest absolute Gasteiger partial charge is 0.126 e. The minimum Gasteiger partial charge on any atom is -0.496 e. The van der Waals surface area contributed by atoms with Crippen LogP contribution in [0.5, 0.6) is 5.75 Å². The van der Waals surface area contributed by atoms with Crippen LogP contribution in [0.1, 0.15) is 23.6 Å². The number of rotatable bonds is 2. The number of aryl methyl sites for hydroxylation is 1. The van der Waals surface area contributed by atoms with Crippen LogP contribution in [0, 0.1) is 5.82 Å². The molecule has 0 heterocycles. The van der Waals surface area contributed by atoms with E-state index in [1.807, 2.05) is 12.1 Å². The van der Waals surface area contributed by atoms with Crippen LogP contribution in [0.3, 0.4) is 0 Å². The number of fused-ring (bicyclic) bond motifs is 1. The van der Waals surface area contributed by atoms with Crippen molar-refractivity contribution in [3.8, 4) is 16.9 Å². The van der Waals surface area contributed by atoms with Crippen LogP contribution in [-0.4, -0.2) is 7.11 Å². The molecule has 0 saturated heterocycles. The second-order valence-corrected chi connectivity index (χ2v) is 4.90. The summed E-state index contributed by atoms with van der Waals surface area (Å²) < 4.78 is 18.7. The third kappa shape index (κ3) is 2.10. The molecule has 0 spiro atoms. The number of benzene rings is 2. The quantitative estimate of drug-likeness (QED) is 0.894. The van der Waals surface area contributed by atoms with Crippen LogP contribution in [0.25, 0.3) is 11.1 Å². The first-order valence-corrected chi connectivity index (χ1v) is 6.41. The minimum absolute atomic E-state index is 0.137. The number of methoxy groups -OCH3 is 1. The fourth-order valence-corrected chi connectivity index (χ4v) is 2.72. The van der Waals surface area contributed by atoms with Gasteiger partial charge in [0, 0.05) is 11.6 Å². The van der Waals surface area contributed by atoms with Crippen LogP contribution in [-0.2, 0) is 6.42 Å². The second-order valence-electron chi connectivity index (χ2n) is 4.90. The van der Waals surface area contributed by atoms with Crippen molar-refractivity contribution < 1.29 is 9.13 Å². The fraction of sp³-hybridized carbons (Fsp3) is 0.250. The van der Waals surface area contributed by atoms with Crippen molar-refractivity contribution in [1.82, 2.24) is 0 Å². The Hall–Kier alpha value is -1.87. The van der Waals surface area contributed by atoms with E-state index in [2.05, 4.69) is 6.07 Å². The van der Waals surface area contributed by atoms with E-state index >= 15 is 0 Å². The molecule has 2 N–H and O–H groups in total. The normalized spacial score (nSPS) is 17.3. The highest BCUT2D eigenvalue weighted by Crippen LogP contribution is 2.36. The van der Waals surface area contributed by atoms with Gasteiger partial charge in [0.05, 0.1) is 7.11 Å². The first kappa shape index (κ1) is 12.2. The molecule has 0 bridgehead atoms. The van der Waals surface area contributed by atoms with E-state index in [0.717, 1.165) is 24.0 Å². The molecular formula is C16H16FNO. The molecule has 1 atom stereocenters. The molecule has 0 fully saturated rings. The van der Waals surface area contributed by atoms with Crippen molar-refractivity contribution in [3.63, 3.8) is 0 Å². The Morgan fingerprint density at radius 1 is 1.21 bits per heavy atom. The lowest BCUT2D eigenvalue weighted by Crippen LogP contribution is -2.04. The summed E-state index contributed by atoms with van der Waals surface area (Å²) in [6.45, 7) is 0. The Balaban J connectivity index is 2.10. The van der Waals surface area contributed by atoms with Crippen molar-refractivity contribution in [2.45, 2.75) is 18.9 Å². The number of nitrogens with two attached hydrogens (primary N) is 1. The molecule has 2 aromatic carbocycles. The first-order chi connectivity index (χ1) is 9.19. The molecular weight excluding hydrogens is 241 g/mol. The van der Waals surface area contributed by atoms with Gasteiger partial charge in [-0.3, -0.25) is 0 Å². The third-order valence-corrected chi connectivity index (χ3v) is 3.74. The van der Waals surface area contributed by atoms with E-state index in [1.54, 1.807) is 13.2 Å². The summed E-state index contributed by atoms with van der Waals surface area (Å²) in [5.74, 6) is 0.427. The zero-order valence-corrected chi connectivity index (χ0v) is 10.8. The fourth-order valence-electron chi connectivity index (χ4n) is 2.72. The number of halogens is 1. The van der Waals surface area contributed by atoms with Gasteiger partial charge in [-0.15, -0.1) is 0 Å². The average Bonchev–Trinajstić information content (AvgIpc) is 2.80. The molecule has 0 radical (unpaired) electrons. The largest absolute Gasteiger partial charge is 0.496 e. The Morgan fingerprint density at radius 2 is 2.05 bits per heavy atom. The second kappa shape index (κ2) is 4.67. The number of hydrogen-bond acceptors (Lipinski definition) is 2. The van der Waals surface area contributed by atoms with Crippen LogP contribution < -0.4 is 10.5 Å². The monoisotopic (exact) mass is 257 g/mol. The van der Waals surface area contributed by atoms with E-state index in [0.29, 0.717) is 5.75 Å². The molecule has 1 aliphatic carbocycles. The van der Waals surface area contributed by atoms with Gasteiger partial charge in [0.15, 0.2) is 0 Å². The van der Waals surface area contributed by atoms with Crippen LogP contribution >= 0.6 is 0 Å².